The molecule has 4 heteroatoms. The molecule has 1 aliphatic rings. The van der Waals surface area contributed by atoms with Crippen LogP contribution in [0.2, 0.25) is 0 Å². The monoisotopic (exact) mass is 259 g/mol. The Hall–Kier alpha value is -1.86. The van der Waals surface area contributed by atoms with Gasteiger partial charge in [0.15, 0.2) is 6.10 Å². The Bertz CT molecular complexity index is 553. The van der Waals surface area contributed by atoms with Crippen LogP contribution in [0.1, 0.15) is 38.8 Å². The molecule has 0 aliphatic carbocycles. The van der Waals surface area contributed by atoms with Gasteiger partial charge in [0, 0.05) is 0 Å². The van der Waals surface area contributed by atoms with E-state index in [4.69, 9.17) is 14.7 Å². The highest BCUT2D eigenvalue weighted by atomic mass is 16.7. The summed E-state index contributed by atoms with van der Waals surface area (Å²) in [6.07, 6.45) is -0.597. The van der Waals surface area contributed by atoms with E-state index in [9.17, 15) is 4.79 Å². The smallest absolute Gasteiger partial charge is 0.339 e. The van der Waals surface area contributed by atoms with E-state index < -0.39 is 17.3 Å². The maximum absolute atomic E-state index is 12.0. The molecule has 1 aromatic rings. The summed E-state index contributed by atoms with van der Waals surface area (Å²) in [5, 5.41) is 8.89. The van der Waals surface area contributed by atoms with Crippen molar-refractivity contribution in [2.24, 2.45) is 0 Å². The highest BCUT2D eigenvalue weighted by Crippen LogP contribution is 2.47. The molecular weight excluding hydrogens is 242 g/mol. The van der Waals surface area contributed by atoms with Crippen LogP contribution in [-0.4, -0.2) is 17.7 Å². The standard InChI is InChI=1S/C15H17NO3/c1-14(2,3)19-13(17)12-15(4,18-12)11-7-5-6-10(8-11)9-16/h5-8,12H,1-4H3. The van der Waals surface area contributed by atoms with Crippen molar-refractivity contribution < 1.29 is 14.3 Å². The number of nitrogens with zero attached hydrogens (tertiary/aromatic N) is 1. The average molecular weight is 259 g/mol. The third-order valence-electron chi connectivity index (χ3n) is 2.99. The second-order valence-electron chi connectivity index (χ2n) is 5.83. The molecule has 1 aliphatic heterocycles. The highest BCUT2D eigenvalue weighted by Gasteiger charge is 2.59. The van der Waals surface area contributed by atoms with Gasteiger partial charge in [-0.2, -0.15) is 5.26 Å². The van der Waals surface area contributed by atoms with Crippen LogP contribution in [0.15, 0.2) is 24.3 Å². The van der Waals surface area contributed by atoms with Gasteiger partial charge in [0.2, 0.25) is 0 Å². The number of benzene rings is 1. The van der Waals surface area contributed by atoms with Crippen LogP contribution < -0.4 is 0 Å². The van der Waals surface area contributed by atoms with Gasteiger partial charge in [-0.1, -0.05) is 12.1 Å². The average Bonchev–Trinajstić information content (AvgIpc) is 3.01. The molecule has 0 bridgehead atoms. The van der Waals surface area contributed by atoms with Crippen molar-refractivity contribution in [1.29, 1.82) is 5.26 Å². The molecule has 100 valence electrons. The molecular formula is C15H17NO3. The van der Waals surface area contributed by atoms with Crippen molar-refractivity contribution in [3.8, 4) is 6.07 Å². The van der Waals surface area contributed by atoms with Crippen molar-refractivity contribution in [2.75, 3.05) is 0 Å². The molecule has 1 fully saturated rings. The van der Waals surface area contributed by atoms with Crippen LogP contribution in [0.3, 0.4) is 0 Å². The molecule has 0 N–H and O–H groups in total. The van der Waals surface area contributed by atoms with Crippen LogP contribution in [-0.2, 0) is 19.9 Å². The fourth-order valence-electron chi connectivity index (χ4n) is 1.96. The normalized spacial score (nSPS) is 25.5. The van der Waals surface area contributed by atoms with Crippen LogP contribution in [0.5, 0.6) is 0 Å². The van der Waals surface area contributed by atoms with Crippen molar-refractivity contribution in [3.05, 3.63) is 35.4 Å². The summed E-state index contributed by atoms with van der Waals surface area (Å²) in [6, 6.07) is 9.18. The van der Waals surface area contributed by atoms with E-state index in [-0.39, 0.29) is 5.97 Å². The van der Waals surface area contributed by atoms with Gasteiger partial charge in [0.1, 0.15) is 11.2 Å². The van der Waals surface area contributed by atoms with Gasteiger partial charge in [0.05, 0.1) is 11.6 Å². The number of carbonyl (C=O) groups is 1. The number of hydrogen-bond donors (Lipinski definition) is 0. The van der Waals surface area contributed by atoms with Crippen molar-refractivity contribution in [2.45, 2.75) is 45.0 Å². The predicted molar refractivity (Wildman–Crippen MR) is 69.2 cm³/mol. The quantitative estimate of drug-likeness (QED) is 0.604. The second-order valence-corrected chi connectivity index (χ2v) is 5.83. The van der Waals surface area contributed by atoms with Crippen molar-refractivity contribution in [3.63, 3.8) is 0 Å². The largest absolute Gasteiger partial charge is 0.458 e. The summed E-state index contributed by atoms with van der Waals surface area (Å²) in [5.74, 6) is -0.364. The lowest BCUT2D eigenvalue weighted by Gasteiger charge is -2.19. The van der Waals surface area contributed by atoms with Crippen LogP contribution in [0, 0.1) is 11.3 Å². The maximum Gasteiger partial charge on any atom is 0.339 e. The first-order valence-electron chi connectivity index (χ1n) is 6.17. The Labute approximate surface area is 112 Å². The number of hydrogen-bond acceptors (Lipinski definition) is 4. The fraction of sp³-hybridized carbons (Fsp3) is 0.467. The minimum atomic E-state index is -0.685. The minimum Gasteiger partial charge on any atom is -0.458 e. The van der Waals surface area contributed by atoms with E-state index in [1.807, 2.05) is 33.8 Å². The van der Waals surface area contributed by atoms with E-state index in [0.29, 0.717) is 5.56 Å². The summed E-state index contributed by atoms with van der Waals surface area (Å²) >= 11 is 0. The van der Waals surface area contributed by atoms with Gasteiger partial charge in [0.25, 0.3) is 0 Å². The summed E-state index contributed by atoms with van der Waals surface area (Å²) in [7, 11) is 0. The number of epoxide rings is 1. The van der Waals surface area contributed by atoms with Crippen LogP contribution >= 0.6 is 0 Å². The van der Waals surface area contributed by atoms with E-state index in [1.165, 1.54) is 0 Å². The van der Waals surface area contributed by atoms with Gasteiger partial charge in [-0.15, -0.1) is 0 Å². The molecule has 1 aromatic carbocycles. The molecule has 0 saturated carbocycles. The van der Waals surface area contributed by atoms with Gasteiger partial charge in [-0.3, -0.25) is 0 Å². The number of rotatable bonds is 2. The van der Waals surface area contributed by atoms with E-state index in [0.717, 1.165) is 5.56 Å². The molecule has 0 spiro atoms. The number of nitriles is 1. The Morgan fingerprint density at radius 3 is 2.74 bits per heavy atom. The second kappa shape index (κ2) is 4.36. The lowest BCUT2D eigenvalue weighted by atomic mass is 9.96. The number of ether oxygens (including phenoxy) is 2. The van der Waals surface area contributed by atoms with E-state index in [1.54, 1.807) is 18.2 Å². The molecule has 19 heavy (non-hydrogen) atoms. The summed E-state index contributed by atoms with van der Waals surface area (Å²) in [4.78, 5) is 12.0. The van der Waals surface area contributed by atoms with Gasteiger partial charge in [-0.25, -0.2) is 4.79 Å². The fourth-order valence-corrected chi connectivity index (χ4v) is 1.96. The molecule has 2 rings (SSSR count). The number of esters is 1. The summed E-state index contributed by atoms with van der Waals surface area (Å²) in [6.45, 7) is 7.29. The molecule has 0 amide bonds. The highest BCUT2D eigenvalue weighted by molar-refractivity contribution is 5.80. The van der Waals surface area contributed by atoms with Crippen LogP contribution in [0.4, 0.5) is 0 Å². The Morgan fingerprint density at radius 1 is 1.47 bits per heavy atom. The minimum absolute atomic E-state index is 0.364. The zero-order valence-corrected chi connectivity index (χ0v) is 11.6. The Balaban J connectivity index is 2.15. The first-order chi connectivity index (χ1) is 8.76. The number of carbonyl (C=O) groups excluding carboxylic acids is 1. The van der Waals surface area contributed by atoms with E-state index >= 15 is 0 Å². The Morgan fingerprint density at radius 2 is 2.16 bits per heavy atom. The zero-order chi connectivity index (χ0) is 14.3. The van der Waals surface area contributed by atoms with Crippen LogP contribution in [0.25, 0.3) is 0 Å². The van der Waals surface area contributed by atoms with Crippen molar-refractivity contribution >= 4 is 5.97 Å². The summed E-state index contributed by atoms with van der Waals surface area (Å²) in [5.41, 5.74) is 0.160. The van der Waals surface area contributed by atoms with Gasteiger partial charge >= 0.3 is 5.97 Å². The molecule has 2 atom stereocenters. The predicted octanol–water partition coefficient (Wildman–Crippen LogP) is 2.51. The third-order valence-corrected chi connectivity index (χ3v) is 2.99. The molecule has 4 nitrogen and oxygen atoms in total. The lowest BCUT2D eigenvalue weighted by molar-refractivity contribution is -0.156. The summed E-state index contributed by atoms with van der Waals surface area (Å²) < 4.78 is 10.8. The molecule has 2 unspecified atom stereocenters. The van der Waals surface area contributed by atoms with Crippen molar-refractivity contribution in [1.82, 2.24) is 0 Å². The molecule has 0 aromatic heterocycles. The molecule has 1 saturated heterocycles. The third kappa shape index (κ3) is 2.77. The van der Waals surface area contributed by atoms with Gasteiger partial charge < -0.3 is 9.47 Å². The van der Waals surface area contributed by atoms with E-state index in [2.05, 4.69) is 6.07 Å². The zero-order valence-electron chi connectivity index (χ0n) is 11.6. The molecule has 1 heterocycles. The molecule has 0 radical (unpaired) electrons. The SMILES string of the molecule is CC(C)(C)OC(=O)C1OC1(C)c1cccc(C#N)c1. The Kier molecular flexibility index (Phi) is 3.11. The first kappa shape index (κ1) is 13.6. The first-order valence-corrected chi connectivity index (χ1v) is 6.17. The lowest BCUT2D eigenvalue weighted by Crippen LogP contribution is -2.29. The van der Waals surface area contributed by atoms with Gasteiger partial charge in [-0.05, 0) is 45.4 Å². The maximum atomic E-state index is 12.0. The topological polar surface area (TPSA) is 62.6 Å².